The lowest BCUT2D eigenvalue weighted by Crippen LogP contribution is -2.52. The summed E-state index contributed by atoms with van der Waals surface area (Å²) in [5, 5.41) is 0.684. The molecule has 0 radical (unpaired) electrons. The highest BCUT2D eigenvalue weighted by Gasteiger charge is 2.36. The molecule has 7 nitrogen and oxygen atoms in total. The quantitative estimate of drug-likeness (QED) is 0.637. The Morgan fingerprint density at radius 2 is 1.73 bits per heavy atom. The Morgan fingerprint density at radius 1 is 1.03 bits per heavy atom. The second-order valence-corrected chi connectivity index (χ2v) is 10.6. The highest BCUT2D eigenvalue weighted by molar-refractivity contribution is 7.89. The van der Waals surface area contributed by atoms with E-state index in [9.17, 15) is 17.6 Å². The Labute approximate surface area is 198 Å². The van der Waals surface area contributed by atoms with Gasteiger partial charge in [-0.15, -0.1) is 0 Å². The molecule has 0 spiro atoms. The summed E-state index contributed by atoms with van der Waals surface area (Å²) < 4.78 is 46.3. The molecule has 4 rings (SSSR count). The summed E-state index contributed by atoms with van der Waals surface area (Å²) in [6, 6.07) is 11.1. The van der Waals surface area contributed by atoms with Gasteiger partial charge in [0.25, 0.3) is 0 Å². The van der Waals surface area contributed by atoms with Crippen LogP contribution >= 0.6 is 11.6 Å². The largest absolute Gasteiger partial charge is 0.495 e. The van der Waals surface area contributed by atoms with Crippen molar-refractivity contribution in [1.82, 2.24) is 9.21 Å². The molecule has 10 heteroatoms. The molecule has 178 valence electrons. The highest BCUT2D eigenvalue weighted by atomic mass is 35.5. The van der Waals surface area contributed by atoms with E-state index in [0.29, 0.717) is 31.0 Å². The van der Waals surface area contributed by atoms with Crippen LogP contribution in [0.2, 0.25) is 5.02 Å². The van der Waals surface area contributed by atoms with E-state index in [0.717, 1.165) is 30.9 Å². The first kappa shape index (κ1) is 23.8. The van der Waals surface area contributed by atoms with Gasteiger partial charge < -0.3 is 14.5 Å². The third-order valence-electron chi connectivity index (χ3n) is 6.31. The number of nitrogens with zero attached hydrogens (tertiary/aromatic N) is 3. The van der Waals surface area contributed by atoms with Crippen molar-refractivity contribution in [3.63, 3.8) is 0 Å². The number of piperazine rings is 1. The third-order valence-corrected chi connectivity index (χ3v) is 8.47. The van der Waals surface area contributed by atoms with Crippen molar-refractivity contribution in [2.24, 2.45) is 5.92 Å². The number of hydrogen-bond acceptors (Lipinski definition) is 5. The van der Waals surface area contributed by atoms with Gasteiger partial charge in [-0.1, -0.05) is 17.7 Å². The summed E-state index contributed by atoms with van der Waals surface area (Å²) in [5.74, 6) is -0.687. The van der Waals surface area contributed by atoms with E-state index >= 15 is 0 Å². The molecule has 0 unspecified atom stereocenters. The number of methoxy groups -OCH3 is 1. The standard InChI is InChI=1S/C23H27ClFN3O4S/c1-32-21-6-5-19(25)16-22(21)33(30,31)28-9-7-17(8-10-28)23(29)27-13-11-26(12-14-27)20-4-2-3-18(24)15-20/h2-6,15-17H,7-14H2,1H3. The molecule has 2 saturated heterocycles. The van der Waals surface area contributed by atoms with E-state index in [1.165, 1.54) is 17.5 Å². The van der Waals surface area contributed by atoms with E-state index in [1.54, 1.807) is 0 Å². The molecule has 2 aromatic carbocycles. The molecule has 1 amide bonds. The molecular formula is C23H27ClFN3O4S. The Morgan fingerprint density at radius 3 is 2.36 bits per heavy atom. The minimum absolute atomic E-state index is 0.0705. The summed E-state index contributed by atoms with van der Waals surface area (Å²) in [7, 11) is -2.57. The number of sulfonamides is 1. The first-order valence-electron chi connectivity index (χ1n) is 10.9. The lowest BCUT2D eigenvalue weighted by Gasteiger charge is -2.39. The van der Waals surface area contributed by atoms with Gasteiger partial charge in [0.1, 0.15) is 16.5 Å². The Balaban J connectivity index is 1.34. The molecule has 0 bridgehead atoms. The fourth-order valence-electron chi connectivity index (χ4n) is 4.45. The van der Waals surface area contributed by atoms with E-state index < -0.39 is 15.8 Å². The average Bonchev–Trinajstić information content (AvgIpc) is 2.84. The number of carbonyl (C=O) groups is 1. The van der Waals surface area contributed by atoms with E-state index in [1.807, 2.05) is 29.2 Å². The molecule has 2 heterocycles. The van der Waals surface area contributed by atoms with Crippen molar-refractivity contribution >= 4 is 33.2 Å². The van der Waals surface area contributed by atoms with Crippen LogP contribution in [-0.2, 0) is 14.8 Å². The van der Waals surface area contributed by atoms with Crippen molar-refractivity contribution in [2.45, 2.75) is 17.7 Å². The van der Waals surface area contributed by atoms with Crippen LogP contribution in [0.3, 0.4) is 0 Å². The van der Waals surface area contributed by atoms with Gasteiger partial charge in [-0.2, -0.15) is 4.31 Å². The summed E-state index contributed by atoms with van der Waals surface area (Å²) in [6.07, 6.45) is 0.869. The molecule has 0 N–H and O–H groups in total. The molecule has 0 saturated carbocycles. The monoisotopic (exact) mass is 495 g/mol. The van der Waals surface area contributed by atoms with Crippen LogP contribution in [0.15, 0.2) is 47.4 Å². The highest BCUT2D eigenvalue weighted by Crippen LogP contribution is 2.31. The number of piperidine rings is 1. The van der Waals surface area contributed by atoms with Crippen LogP contribution < -0.4 is 9.64 Å². The van der Waals surface area contributed by atoms with Gasteiger partial charge >= 0.3 is 0 Å². The van der Waals surface area contributed by atoms with Gasteiger partial charge in [-0.3, -0.25) is 4.79 Å². The Kier molecular flexibility index (Phi) is 7.11. The maximum absolute atomic E-state index is 13.7. The zero-order valence-corrected chi connectivity index (χ0v) is 20.0. The zero-order chi connectivity index (χ0) is 23.6. The fraction of sp³-hybridized carbons (Fsp3) is 0.435. The number of anilines is 1. The van der Waals surface area contributed by atoms with E-state index in [2.05, 4.69) is 4.90 Å². The molecule has 0 aliphatic carbocycles. The third kappa shape index (κ3) is 5.10. The minimum atomic E-state index is -3.92. The number of benzene rings is 2. The predicted molar refractivity (Wildman–Crippen MR) is 125 cm³/mol. The number of carbonyl (C=O) groups excluding carboxylic acids is 1. The number of ether oxygens (including phenoxy) is 1. The fourth-order valence-corrected chi connectivity index (χ4v) is 6.27. The zero-order valence-electron chi connectivity index (χ0n) is 18.4. The van der Waals surface area contributed by atoms with Gasteiger partial charge in [0.2, 0.25) is 15.9 Å². The SMILES string of the molecule is COc1ccc(F)cc1S(=O)(=O)N1CCC(C(=O)N2CCN(c3cccc(Cl)c3)CC2)CC1. The van der Waals surface area contributed by atoms with Crippen LogP contribution in [0.4, 0.5) is 10.1 Å². The average molecular weight is 496 g/mol. The summed E-state index contributed by atoms with van der Waals surface area (Å²) >= 11 is 6.09. The van der Waals surface area contributed by atoms with Crippen molar-refractivity contribution < 1.29 is 22.3 Å². The van der Waals surface area contributed by atoms with E-state index in [-0.39, 0.29) is 35.6 Å². The number of halogens is 2. The van der Waals surface area contributed by atoms with Crippen LogP contribution in [-0.4, -0.2) is 69.9 Å². The molecule has 0 aromatic heterocycles. The predicted octanol–water partition coefficient (Wildman–Crippen LogP) is 3.24. The lowest BCUT2D eigenvalue weighted by atomic mass is 9.96. The topological polar surface area (TPSA) is 70.2 Å². The van der Waals surface area contributed by atoms with Gasteiger partial charge in [0, 0.05) is 55.9 Å². The van der Waals surface area contributed by atoms with Crippen molar-refractivity contribution in [3.8, 4) is 5.75 Å². The van der Waals surface area contributed by atoms with Crippen molar-refractivity contribution in [2.75, 3.05) is 51.3 Å². The molecular weight excluding hydrogens is 469 g/mol. The normalized spacial score (nSPS) is 18.4. The van der Waals surface area contributed by atoms with Gasteiger partial charge in [-0.25, -0.2) is 12.8 Å². The Hall–Kier alpha value is -2.36. The van der Waals surface area contributed by atoms with Crippen molar-refractivity contribution in [3.05, 3.63) is 53.3 Å². The van der Waals surface area contributed by atoms with Gasteiger partial charge in [-0.05, 0) is 49.2 Å². The van der Waals surface area contributed by atoms with Gasteiger partial charge in [0.05, 0.1) is 7.11 Å². The summed E-state index contributed by atoms with van der Waals surface area (Å²) in [4.78, 5) is 17.0. The van der Waals surface area contributed by atoms with Crippen LogP contribution in [0.1, 0.15) is 12.8 Å². The van der Waals surface area contributed by atoms with Crippen LogP contribution in [0, 0.1) is 11.7 Å². The second-order valence-electron chi connectivity index (χ2n) is 8.27. The minimum Gasteiger partial charge on any atom is -0.495 e. The Bertz CT molecular complexity index is 1110. The number of rotatable bonds is 5. The van der Waals surface area contributed by atoms with Gasteiger partial charge in [0.15, 0.2) is 0 Å². The lowest BCUT2D eigenvalue weighted by molar-refractivity contribution is -0.137. The van der Waals surface area contributed by atoms with E-state index in [4.69, 9.17) is 16.3 Å². The summed E-state index contributed by atoms with van der Waals surface area (Å²) in [6.45, 7) is 3.09. The van der Waals surface area contributed by atoms with Crippen LogP contribution in [0.5, 0.6) is 5.75 Å². The maximum atomic E-state index is 13.7. The second kappa shape index (κ2) is 9.87. The molecule has 0 atom stereocenters. The molecule has 2 fully saturated rings. The molecule has 2 aliphatic rings. The smallest absolute Gasteiger partial charge is 0.246 e. The first-order chi connectivity index (χ1) is 15.8. The summed E-state index contributed by atoms with van der Waals surface area (Å²) in [5.41, 5.74) is 1.04. The number of amides is 1. The van der Waals surface area contributed by atoms with Crippen LogP contribution in [0.25, 0.3) is 0 Å². The molecule has 2 aliphatic heterocycles. The van der Waals surface area contributed by atoms with Crippen molar-refractivity contribution in [1.29, 1.82) is 0 Å². The number of hydrogen-bond donors (Lipinski definition) is 0. The molecule has 2 aromatic rings. The molecule has 33 heavy (non-hydrogen) atoms. The maximum Gasteiger partial charge on any atom is 0.246 e. The first-order valence-corrected chi connectivity index (χ1v) is 12.7.